The number of ether oxygens (including phenoxy) is 3. The summed E-state index contributed by atoms with van der Waals surface area (Å²) in [6, 6.07) is 14.4. The van der Waals surface area contributed by atoms with E-state index in [2.05, 4.69) is 11.1 Å². The number of hydrogen-bond acceptors (Lipinski definition) is 5. The van der Waals surface area contributed by atoms with Gasteiger partial charge in [0.1, 0.15) is 24.5 Å². The highest BCUT2D eigenvalue weighted by Gasteiger charge is 2.45. The highest BCUT2D eigenvalue weighted by Crippen LogP contribution is 2.40. The van der Waals surface area contributed by atoms with Gasteiger partial charge in [0.05, 0.1) is 30.1 Å². The minimum Gasteiger partial charge on any atom is -0.489 e. The van der Waals surface area contributed by atoms with Gasteiger partial charge >= 0.3 is 0 Å². The van der Waals surface area contributed by atoms with Gasteiger partial charge in [-0.05, 0) is 24.3 Å². The molecule has 148 valence electrons. The summed E-state index contributed by atoms with van der Waals surface area (Å²) in [4.78, 5) is 4.08. The number of benzene rings is 2. The van der Waals surface area contributed by atoms with E-state index >= 15 is 0 Å². The van der Waals surface area contributed by atoms with Crippen LogP contribution in [0.4, 0.5) is 0 Å². The van der Waals surface area contributed by atoms with Gasteiger partial charge in [0.2, 0.25) is 5.79 Å². The molecule has 8 heteroatoms. The van der Waals surface area contributed by atoms with Gasteiger partial charge < -0.3 is 18.8 Å². The Hall–Kier alpha value is -2.56. The minimum atomic E-state index is -1.11. The van der Waals surface area contributed by atoms with Crippen molar-refractivity contribution >= 4 is 23.2 Å². The third-order valence-electron chi connectivity index (χ3n) is 4.58. The van der Waals surface area contributed by atoms with Crippen LogP contribution in [0.1, 0.15) is 11.1 Å². The molecular formula is C21H17Cl2N3O3. The van der Waals surface area contributed by atoms with Crippen LogP contribution in [0, 0.1) is 11.3 Å². The van der Waals surface area contributed by atoms with Crippen molar-refractivity contribution < 1.29 is 14.2 Å². The minimum absolute atomic E-state index is 0.232. The Bertz CT molecular complexity index is 1040. The summed E-state index contributed by atoms with van der Waals surface area (Å²) in [6.07, 6.45) is 4.85. The number of hydrogen-bond donors (Lipinski definition) is 0. The molecule has 0 amide bonds. The number of aromatic nitrogens is 2. The van der Waals surface area contributed by atoms with Crippen LogP contribution in [-0.2, 0) is 21.8 Å². The van der Waals surface area contributed by atoms with E-state index < -0.39 is 5.79 Å². The van der Waals surface area contributed by atoms with E-state index in [0.717, 1.165) is 0 Å². The van der Waals surface area contributed by atoms with Crippen LogP contribution in [0.5, 0.6) is 5.75 Å². The zero-order valence-corrected chi connectivity index (χ0v) is 16.8. The Morgan fingerprint density at radius 2 is 2.14 bits per heavy atom. The first-order chi connectivity index (χ1) is 14.1. The van der Waals surface area contributed by atoms with E-state index in [9.17, 15) is 5.26 Å². The second-order valence-corrected chi connectivity index (χ2v) is 7.43. The molecule has 0 N–H and O–H groups in total. The lowest BCUT2D eigenvalue weighted by atomic mass is 10.1. The van der Waals surface area contributed by atoms with Crippen LogP contribution >= 0.6 is 23.2 Å². The topological polar surface area (TPSA) is 69.3 Å². The predicted octanol–water partition coefficient (Wildman–Crippen LogP) is 4.41. The molecular weight excluding hydrogens is 413 g/mol. The van der Waals surface area contributed by atoms with Crippen molar-refractivity contribution in [2.75, 3.05) is 13.2 Å². The second kappa shape index (κ2) is 8.44. The lowest BCUT2D eigenvalue weighted by Crippen LogP contribution is -2.34. The molecule has 6 nitrogen and oxygen atoms in total. The van der Waals surface area contributed by atoms with Gasteiger partial charge in [-0.3, -0.25) is 0 Å². The summed E-state index contributed by atoms with van der Waals surface area (Å²) in [7, 11) is 0. The molecule has 1 aromatic heterocycles. The zero-order valence-electron chi connectivity index (χ0n) is 15.3. The van der Waals surface area contributed by atoms with Crippen LogP contribution < -0.4 is 4.74 Å². The molecule has 0 saturated carbocycles. The van der Waals surface area contributed by atoms with Crippen molar-refractivity contribution in [3.63, 3.8) is 0 Å². The number of nitrogens with zero attached hydrogens (tertiary/aromatic N) is 3. The fourth-order valence-electron chi connectivity index (χ4n) is 3.24. The first-order valence-corrected chi connectivity index (χ1v) is 9.70. The standard InChI is InChI=1S/C21H17Cl2N3O3/c22-16-5-6-18(19(23)9-16)21(13-26-8-7-25-14-26)28-12-17(29-21)11-27-20-4-2-1-3-15(20)10-24/h1-9,14,17H,11-13H2/t17-,21-/m1/s1. The average Bonchev–Trinajstić information content (AvgIpc) is 3.37. The lowest BCUT2D eigenvalue weighted by Gasteiger charge is -2.30. The Kier molecular flexibility index (Phi) is 5.74. The SMILES string of the molecule is N#Cc1ccccc1OC[C@@H]1CO[C@@](Cn2ccnc2)(c2ccc(Cl)cc2Cl)O1. The van der Waals surface area contributed by atoms with Crippen LogP contribution in [0.15, 0.2) is 61.2 Å². The van der Waals surface area contributed by atoms with Crippen LogP contribution in [0.2, 0.25) is 10.0 Å². The Morgan fingerprint density at radius 1 is 1.28 bits per heavy atom. The summed E-state index contributed by atoms with van der Waals surface area (Å²) in [6.45, 7) is 0.900. The van der Waals surface area contributed by atoms with E-state index in [0.29, 0.717) is 40.1 Å². The molecule has 1 aliphatic heterocycles. The van der Waals surface area contributed by atoms with Crippen molar-refractivity contribution in [2.45, 2.75) is 18.4 Å². The molecule has 1 aliphatic rings. The third kappa shape index (κ3) is 4.24. The van der Waals surface area contributed by atoms with Gasteiger partial charge in [-0.15, -0.1) is 0 Å². The fraction of sp³-hybridized carbons (Fsp3) is 0.238. The Labute approximate surface area is 178 Å². The average molecular weight is 430 g/mol. The molecule has 29 heavy (non-hydrogen) atoms. The van der Waals surface area contributed by atoms with Crippen molar-refractivity contribution in [2.24, 2.45) is 0 Å². The first-order valence-electron chi connectivity index (χ1n) is 8.94. The van der Waals surface area contributed by atoms with Crippen LogP contribution in [-0.4, -0.2) is 28.9 Å². The maximum absolute atomic E-state index is 9.22. The molecule has 4 rings (SSSR count). The molecule has 0 unspecified atom stereocenters. The molecule has 0 bridgehead atoms. The fourth-order valence-corrected chi connectivity index (χ4v) is 3.80. The molecule has 2 heterocycles. The largest absolute Gasteiger partial charge is 0.489 e. The number of nitriles is 1. The Balaban J connectivity index is 1.56. The smallest absolute Gasteiger partial charge is 0.215 e. The van der Waals surface area contributed by atoms with Crippen molar-refractivity contribution in [1.29, 1.82) is 5.26 Å². The quantitative estimate of drug-likeness (QED) is 0.580. The van der Waals surface area contributed by atoms with E-state index in [1.165, 1.54) is 0 Å². The maximum atomic E-state index is 9.22. The normalized spacial score (nSPS) is 21.1. The highest BCUT2D eigenvalue weighted by atomic mass is 35.5. The highest BCUT2D eigenvalue weighted by molar-refractivity contribution is 6.35. The lowest BCUT2D eigenvalue weighted by molar-refractivity contribution is -0.189. The molecule has 0 aliphatic carbocycles. The number of halogens is 2. The summed E-state index contributed by atoms with van der Waals surface area (Å²) >= 11 is 12.5. The molecule has 2 aromatic carbocycles. The monoisotopic (exact) mass is 429 g/mol. The van der Waals surface area contributed by atoms with Crippen LogP contribution in [0.25, 0.3) is 0 Å². The van der Waals surface area contributed by atoms with E-state index in [1.807, 2.05) is 16.8 Å². The molecule has 1 fully saturated rings. The second-order valence-electron chi connectivity index (χ2n) is 6.58. The van der Waals surface area contributed by atoms with Gasteiger partial charge in [0, 0.05) is 23.0 Å². The van der Waals surface area contributed by atoms with Crippen molar-refractivity contribution in [3.05, 3.63) is 82.4 Å². The number of para-hydroxylation sites is 1. The molecule has 0 spiro atoms. The summed E-state index contributed by atoms with van der Waals surface area (Å²) in [5.74, 6) is -0.597. The van der Waals surface area contributed by atoms with Gasteiger partial charge in [0.15, 0.2) is 0 Å². The summed E-state index contributed by atoms with van der Waals surface area (Å²) in [5.41, 5.74) is 1.15. The number of imidazole rings is 1. The summed E-state index contributed by atoms with van der Waals surface area (Å²) in [5, 5.41) is 10.2. The van der Waals surface area contributed by atoms with Gasteiger partial charge in [-0.2, -0.15) is 5.26 Å². The summed E-state index contributed by atoms with van der Waals surface area (Å²) < 4.78 is 20.1. The van der Waals surface area contributed by atoms with Crippen molar-refractivity contribution in [3.8, 4) is 11.8 Å². The van der Waals surface area contributed by atoms with Gasteiger partial charge in [-0.25, -0.2) is 4.98 Å². The Morgan fingerprint density at radius 3 is 2.90 bits per heavy atom. The zero-order chi connectivity index (χ0) is 20.3. The van der Waals surface area contributed by atoms with E-state index in [1.54, 1.807) is 48.9 Å². The molecule has 0 radical (unpaired) electrons. The number of rotatable bonds is 6. The molecule has 1 saturated heterocycles. The predicted molar refractivity (Wildman–Crippen MR) is 108 cm³/mol. The van der Waals surface area contributed by atoms with Crippen molar-refractivity contribution in [1.82, 2.24) is 9.55 Å². The van der Waals surface area contributed by atoms with Gasteiger partial charge in [-0.1, -0.05) is 41.4 Å². The molecule has 3 aromatic rings. The maximum Gasteiger partial charge on any atom is 0.215 e. The van der Waals surface area contributed by atoms with E-state index in [-0.39, 0.29) is 12.7 Å². The molecule has 2 atom stereocenters. The van der Waals surface area contributed by atoms with E-state index in [4.69, 9.17) is 37.4 Å². The van der Waals surface area contributed by atoms with Crippen LogP contribution in [0.3, 0.4) is 0 Å². The van der Waals surface area contributed by atoms with Gasteiger partial charge in [0.25, 0.3) is 0 Å². The first kappa shape index (κ1) is 19.7. The third-order valence-corrected chi connectivity index (χ3v) is 5.13.